The molecule has 4 heteroatoms. The first kappa shape index (κ1) is 36.6. The molecule has 1 aliphatic heterocycles. The minimum atomic E-state index is 0.180. The molecule has 2 aromatic heterocycles. The van der Waals surface area contributed by atoms with Crippen LogP contribution in [0.1, 0.15) is 17.9 Å². The standard InChI is InChI=1S/C60H43N3O/c1-4-15-44(16-5-1)61(58-25-14-23-50-49-22-11-13-26-59(49)64-60(50)58)47-32-27-40(28-33-47)41-29-34-56-52(37-41)53-39-43(31-36-57(53)63(56)46-19-8-3-9-20-46)42-30-35-55-51(38-42)48-21-10-12-24-54(48)62(55)45-17-6-2-7-18-45/h1-27,29-40,52,56H,28H2. The number of nitrogens with zero attached hydrogens (tertiary/aromatic N) is 3. The van der Waals surface area contributed by atoms with Gasteiger partial charge in [-0.15, -0.1) is 0 Å². The number of anilines is 4. The molecule has 0 fully saturated rings. The van der Waals surface area contributed by atoms with E-state index in [0.29, 0.717) is 0 Å². The smallest absolute Gasteiger partial charge is 0.159 e. The maximum atomic E-state index is 6.58. The van der Waals surface area contributed by atoms with Crippen molar-refractivity contribution in [3.05, 3.63) is 247 Å². The van der Waals surface area contributed by atoms with Gasteiger partial charge in [0.05, 0.1) is 22.8 Å². The Morgan fingerprint density at radius 2 is 1.22 bits per heavy atom. The van der Waals surface area contributed by atoms with Gasteiger partial charge in [-0.3, -0.25) is 0 Å². The Labute approximate surface area is 372 Å². The molecule has 3 heterocycles. The third-order valence-electron chi connectivity index (χ3n) is 13.6. The van der Waals surface area contributed by atoms with Crippen LogP contribution < -0.4 is 9.80 Å². The highest BCUT2D eigenvalue weighted by molar-refractivity contribution is 6.11. The van der Waals surface area contributed by atoms with E-state index >= 15 is 0 Å². The van der Waals surface area contributed by atoms with Gasteiger partial charge < -0.3 is 18.8 Å². The zero-order chi connectivity index (χ0) is 42.1. The van der Waals surface area contributed by atoms with Crippen LogP contribution in [0.4, 0.5) is 22.7 Å². The Bertz CT molecular complexity index is 3550. The maximum Gasteiger partial charge on any atom is 0.159 e. The van der Waals surface area contributed by atoms with Crippen molar-refractivity contribution in [2.24, 2.45) is 5.92 Å². The molecule has 0 saturated heterocycles. The molecule has 0 amide bonds. The first-order valence-electron chi connectivity index (χ1n) is 22.4. The third kappa shape index (κ3) is 5.83. The van der Waals surface area contributed by atoms with Crippen LogP contribution in [0.2, 0.25) is 0 Å². The van der Waals surface area contributed by atoms with Gasteiger partial charge in [0.15, 0.2) is 5.58 Å². The Morgan fingerprint density at radius 1 is 0.531 bits per heavy atom. The van der Waals surface area contributed by atoms with E-state index in [4.69, 9.17) is 4.42 Å². The Balaban J connectivity index is 0.866. The van der Waals surface area contributed by atoms with E-state index in [2.05, 4.69) is 239 Å². The fourth-order valence-corrected chi connectivity index (χ4v) is 10.7. The molecule has 8 aromatic carbocycles. The van der Waals surface area contributed by atoms with E-state index in [0.717, 1.165) is 45.4 Å². The van der Waals surface area contributed by atoms with Gasteiger partial charge in [-0.25, -0.2) is 0 Å². The van der Waals surface area contributed by atoms with Crippen molar-refractivity contribution in [2.45, 2.75) is 18.4 Å². The van der Waals surface area contributed by atoms with Gasteiger partial charge >= 0.3 is 0 Å². The highest BCUT2D eigenvalue weighted by Crippen LogP contribution is 2.51. The average molecular weight is 822 g/mol. The summed E-state index contributed by atoms with van der Waals surface area (Å²) in [6.45, 7) is 0. The number of furan rings is 1. The van der Waals surface area contributed by atoms with Crippen molar-refractivity contribution < 1.29 is 4.42 Å². The van der Waals surface area contributed by atoms with E-state index in [1.807, 2.05) is 6.07 Å². The largest absolute Gasteiger partial charge is 0.454 e. The van der Waals surface area contributed by atoms with Gasteiger partial charge in [0, 0.05) is 61.8 Å². The first-order chi connectivity index (χ1) is 31.7. The molecule has 3 unspecified atom stereocenters. The molecule has 304 valence electrons. The summed E-state index contributed by atoms with van der Waals surface area (Å²) >= 11 is 0. The van der Waals surface area contributed by atoms with Crippen molar-refractivity contribution in [3.8, 4) is 16.8 Å². The van der Waals surface area contributed by atoms with Crippen LogP contribution in [-0.4, -0.2) is 10.6 Å². The number of rotatable bonds is 7. The molecule has 0 N–H and O–H groups in total. The Hall–Kier alpha value is -8.08. The third-order valence-corrected chi connectivity index (χ3v) is 13.6. The van der Waals surface area contributed by atoms with Gasteiger partial charge in [0.1, 0.15) is 5.58 Å². The molecule has 4 nitrogen and oxygen atoms in total. The zero-order valence-electron chi connectivity index (χ0n) is 35.1. The Morgan fingerprint density at radius 3 is 2.03 bits per heavy atom. The Kier molecular flexibility index (Phi) is 8.45. The summed E-state index contributed by atoms with van der Waals surface area (Å²) in [7, 11) is 0. The van der Waals surface area contributed by atoms with E-state index < -0.39 is 0 Å². The normalized spacial score (nSPS) is 17.8. The molecule has 3 aliphatic rings. The molecule has 10 aromatic rings. The van der Waals surface area contributed by atoms with Gasteiger partial charge in [0.2, 0.25) is 0 Å². The number of hydrogen-bond donors (Lipinski definition) is 0. The molecule has 0 saturated carbocycles. The lowest BCUT2D eigenvalue weighted by molar-refractivity contribution is 0.668. The van der Waals surface area contributed by atoms with Gasteiger partial charge in [-0.05, 0) is 114 Å². The molecule has 0 radical (unpaired) electrons. The van der Waals surface area contributed by atoms with Crippen molar-refractivity contribution in [2.75, 3.05) is 9.80 Å². The number of hydrogen-bond acceptors (Lipinski definition) is 3. The molecule has 0 spiro atoms. The lowest BCUT2D eigenvalue weighted by Gasteiger charge is -2.32. The number of benzene rings is 8. The lowest BCUT2D eigenvalue weighted by atomic mass is 9.81. The monoisotopic (exact) mass is 821 g/mol. The second-order valence-electron chi connectivity index (χ2n) is 17.2. The van der Waals surface area contributed by atoms with Crippen molar-refractivity contribution in [1.82, 2.24) is 4.57 Å². The second kappa shape index (κ2) is 14.8. The summed E-state index contributed by atoms with van der Waals surface area (Å²) in [5.74, 6) is 0.450. The SMILES string of the molecule is C1=CC2C(C=C1C1C=CC(N(c3ccccc3)c3cccc4c3oc3ccccc34)=CC1)c1cc(-c3ccc4c(c3)c3ccccc3n4-c3ccccc3)ccc1N2c1ccccc1. The first-order valence-corrected chi connectivity index (χ1v) is 22.4. The predicted molar refractivity (Wildman–Crippen MR) is 266 cm³/mol. The quantitative estimate of drug-likeness (QED) is 0.160. The van der Waals surface area contributed by atoms with Crippen LogP contribution in [0.25, 0.3) is 60.6 Å². The summed E-state index contributed by atoms with van der Waals surface area (Å²) in [6, 6.07) is 70.1. The summed E-state index contributed by atoms with van der Waals surface area (Å²) in [5, 5.41) is 4.79. The van der Waals surface area contributed by atoms with E-state index in [1.54, 1.807) is 0 Å². The van der Waals surface area contributed by atoms with Gasteiger partial charge in [0.25, 0.3) is 0 Å². The zero-order valence-corrected chi connectivity index (χ0v) is 35.1. The van der Waals surface area contributed by atoms with E-state index in [-0.39, 0.29) is 17.9 Å². The summed E-state index contributed by atoms with van der Waals surface area (Å²) in [6.07, 6.45) is 15.4. The van der Waals surface area contributed by atoms with E-state index in [1.165, 1.54) is 61.1 Å². The average Bonchev–Trinajstić information content (AvgIpc) is 4.03. The topological polar surface area (TPSA) is 24.6 Å². The number of fused-ring (bicyclic) bond motifs is 9. The van der Waals surface area contributed by atoms with E-state index in [9.17, 15) is 0 Å². The summed E-state index contributed by atoms with van der Waals surface area (Å²) in [5.41, 5.74) is 16.4. The maximum absolute atomic E-state index is 6.58. The van der Waals surface area contributed by atoms with Crippen LogP contribution in [0.5, 0.6) is 0 Å². The number of aromatic nitrogens is 1. The van der Waals surface area contributed by atoms with Gasteiger partial charge in [-0.1, -0.05) is 146 Å². The minimum absolute atomic E-state index is 0.180. The van der Waals surface area contributed by atoms with Crippen LogP contribution in [-0.2, 0) is 0 Å². The summed E-state index contributed by atoms with van der Waals surface area (Å²) in [4.78, 5) is 4.89. The molecule has 0 bridgehead atoms. The summed E-state index contributed by atoms with van der Waals surface area (Å²) < 4.78 is 8.96. The highest BCUT2D eigenvalue weighted by Gasteiger charge is 2.39. The lowest BCUT2D eigenvalue weighted by Crippen LogP contribution is -2.29. The van der Waals surface area contributed by atoms with Crippen LogP contribution in [0.3, 0.4) is 0 Å². The van der Waals surface area contributed by atoms with Crippen LogP contribution in [0.15, 0.2) is 246 Å². The van der Waals surface area contributed by atoms with Crippen molar-refractivity contribution in [1.29, 1.82) is 0 Å². The van der Waals surface area contributed by atoms with Crippen LogP contribution in [0, 0.1) is 5.92 Å². The molecular weight excluding hydrogens is 779 g/mol. The highest BCUT2D eigenvalue weighted by atomic mass is 16.3. The number of allylic oxidation sites excluding steroid dienone is 5. The molecule has 3 atom stereocenters. The fraction of sp³-hybridized carbons (Fsp3) is 0.0667. The minimum Gasteiger partial charge on any atom is -0.454 e. The fourth-order valence-electron chi connectivity index (χ4n) is 10.7. The van der Waals surface area contributed by atoms with Crippen molar-refractivity contribution >= 4 is 66.5 Å². The molecule has 64 heavy (non-hydrogen) atoms. The second-order valence-corrected chi connectivity index (χ2v) is 17.2. The van der Waals surface area contributed by atoms with Gasteiger partial charge in [-0.2, -0.15) is 0 Å². The number of para-hydroxylation sites is 6. The van der Waals surface area contributed by atoms with Crippen LogP contribution >= 0.6 is 0 Å². The molecule has 2 aliphatic carbocycles. The predicted octanol–water partition coefficient (Wildman–Crippen LogP) is 15.7. The molecule has 13 rings (SSSR count). The molecular formula is C60H43N3O. The van der Waals surface area contributed by atoms with Crippen molar-refractivity contribution in [3.63, 3.8) is 0 Å².